The fourth-order valence-electron chi connectivity index (χ4n) is 3.44. The summed E-state index contributed by atoms with van der Waals surface area (Å²) in [5, 5.41) is 2.62. The van der Waals surface area contributed by atoms with Crippen LogP contribution < -0.4 is 4.90 Å². The highest BCUT2D eigenvalue weighted by Crippen LogP contribution is 2.32. The first-order valence-corrected chi connectivity index (χ1v) is 11.2. The van der Waals surface area contributed by atoms with Gasteiger partial charge in [0.2, 0.25) is 5.89 Å². The number of para-hydroxylation sites is 1. The molecular weight excluding hydrogens is 406 g/mol. The number of rotatable bonds is 5. The molecule has 1 aliphatic rings. The monoisotopic (exact) mass is 425 g/mol. The first-order valence-electron chi connectivity index (χ1n) is 9.49. The summed E-state index contributed by atoms with van der Waals surface area (Å²) in [6, 6.07) is 11.8. The molecule has 0 bridgehead atoms. The zero-order valence-corrected chi connectivity index (χ0v) is 17.5. The van der Waals surface area contributed by atoms with Gasteiger partial charge in [-0.2, -0.15) is 0 Å². The third-order valence-corrected chi connectivity index (χ3v) is 6.82. The van der Waals surface area contributed by atoms with Crippen LogP contribution in [0.4, 0.5) is 5.13 Å². The lowest BCUT2D eigenvalue weighted by Crippen LogP contribution is -2.38. The smallest absolute Gasteiger partial charge is 0.282 e. The second-order valence-electron chi connectivity index (χ2n) is 6.92. The van der Waals surface area contributed by atoms with Gasteiger partial charge >= 0.3 is 0 Å². The number of carbonyl (C=O) groups excluding carboxylic acids is 1. The highest BCUT2D eigenvalue weighted by atomic mass is 32.1. The van der Waals surface area contributed by atoms with Gasteiger partial charge in [-0.25, -0.2) is 9.97 Å². The van der Waals surface area contributed by atoms with E-state index in [1.54, 1.807) is 11.8 Å². The highest BCUT2D eigenvalue weighted by molar-refractivity contribution is 7.22. The van der Waals surface area contributed by atoms with Crippen molar-refractivity contribution in [1.29, 1.82) is 0 Å². The van der Waals surface area contributed by atoms with Gasteiger partial charge in [0.25, 0.3) is 5.91 Å². The van der Waals surface area contributed by atoms with Crippen molar-refractivity contribution in [2.45, 2.75) is 25.9 Å². The van der Waals surface area contributed by atoms with Gasteiger partial charge in [0, 0.05) is 6.61 Å². The zero-order valence-electron chi connectivity index (χ0n) is 15.8. The Morgan fingerprint density at radius 1 is 1.24 bits per heavy atom. The molecule has 1 amide bonds. The van der Waals surface area contributed by atoms with Crippen LogP contribution in [0, 0.1) is 6.92 Å². The highest BCUT2D eigenvalue weighted by Gasteiger charge is 2.30. The SMILES string of the molecule is Cc1oc(-c2cccs2)nc1C(=O)N(CC1CCCO1)c1nc2ccccc2s1. The van der Waals surface area contributed by atoms with Crippen LogP contribution in [0.3, 0.4) is 0 Å². The maximum Gasteiger partial charge on any atom is 0.282 e. The maximum atomic E-state index is 13.5. The molecule has 4 heterocycles. The van der Waals surface area contributed by atoms with Crippen LogP contribution in [0.25, 0.3) is 21.0 Å². The molecule has 0 aliphatic carbocycles. The van der Waals surface area contributed by atoms with Gasteiger partial charge in [-0.05, 0) is 43.3 Å². The van der Waals surface area contributed by atoms with E-state index in [2.05, 4.69) is 4.98 Å². The number of anilines is 1. The van der Waals surface area contributed by atoms with Gasteiger partial charge in [-0.1, -0.05) is 29.5 Å². The fraction of sp³-hybridized carbons (Fsp3) is 0.286. The minimum Gasteiger partial charge on any atom is -0.440 e. The molecule has 1 fully saturated rings. The van der Waals surface area contributed by atoms with Crippen molar-refractivity contribution < 1.29 is 13.9 Å². The Kier molecular flexibility index (Phi) is 4.91. The molecule has 4 aromatic rings. The van der Waals surface area contributed by atoms with Crippen molar-refractivity contribution in [3.8, 4) is 10.8 Å². The summed E-state index contributed by atoms with van der Waals surface area (Å²) in [6.07, 6.45) is 1.96. The predicted octanol–water partition coefficient (Wildman–Crippen LogP) is 5.15. The van der Waals surface area contributed by atoms with E-state index in [0.29, 0.717) is 29.0 Å². The van der Waals surface area contributed by atoms with E-state index in [1.807, 2.05) is 41.8 Å². The van der Waals surface area contributed by atoms with Crippen LogP contribution in [-0.4, -0.2) is 35.1 Å². The Morgan fingerprint density at radius 2 is 2.14 bits per heavy atom. The van der Waals surface area contributed by atoms with Gasteiger partial charge in [-0.3, -0.25) is 9.69 Å². The molecule has 1 unspecified atom stereocenters. The van der Waals surface area contributed by atoms with Gasteiger partial charge in [0.1, 0.15) is 5.76 Å². The van der Waals surface area contributed by atoms with Crippen LogP contribution in [0.2, 0.25) is 0 Å². The van der Waals surface area contributed by atoms with E-state index in [4.69, 9.17) is 14.1 Å². The lowest BCUT2D eigenvalue weighted by atomic mass is 10.2. The molecule has 1 aromatic carbocycles. The lowest BCUT2D eigenvalue weighted by molar-refractivity contribution is 0.0912. The molecule has 0 spiro atoms. The molecule has 1 atom stereocenters. The Morgan fingerprint density at radius 3 is 2.90 bits per heavy atom. The normalized spacial score (nSPS) is 16.5. The van der Waals surface area contributed by atoms with E-state index in [0.717, 1.165) is 34.5 Å². The number of aromatic nitrogens is 2. The third kappa shape index (κ3) is 3.59. The second kappa shape index (κ2) is 7.70. The quantitative estimate of drug-likeness (QED) is 0.442. The number of nitrogens with zero attached hydrogens (tertiary/aromatic N) is 3. The van der Waals surface area contributed by atoms with Crippen molar-refractivity contribution in [1.82, 2.24) is 9.97 Å². The molecular formula is C21H19N3O3S2. The average molecular weight is 426 g/mol. The van der Waals surface area contributed by atoms with Crippen LogP contribution in [0.1, 0.15) is 29.1 Å². The number of hydrogen-bond acceptors (Lipinski definition) is 7. The summed E-state index contributed by atoms with van der Waals surface area (Å²) in [6.45, 7) is 2.97. The molecule has 148 valence electrons. The number of fused-ring (bicyclic) bond motifs is 1. The number of amides is 1. The second-order valence-corrected chi connectivity index (χ2v) is 8.87. The molecule has 0 N–H and O–H groups in total. The predicted molar refractivity (Wildman–Crippen MR) is 115 cm³/mol. The third-order valence-electron chi connectivity index (χ3n) is 4.90. The summed E-state index contributed by atoms with van der Waals surface area (Å²) in [4.78, 5) is 25.3. The van der Waals surface area contributed by atoms with Crippen molar-refractivity contribution in [3.05, 3.63) is 53.2 Å². The van der Waals surface area contributed by atoms with E-state index >= 15 is 0 Å². The van der Waals surface area contributed by atoms with Crippen LogP contribution in [-0.2, 0) is 4.74 Å². The van der Waals surface area contributed by atoms with Gasteiger partial charge in [0.15, 0.2) is 10.8 Å². The van der Waals surface area contributed by atoms with Crippen molar-refractivity contribution in [2.24, 2.45) is 0 Å². The summed E-state index contributed by atoms with van der Waals surface area (Å²) in [5.41, 5.74) is 1.21. The summed E-state index contributed by atoms with van der Waals surface area (Å²) in [7, 11) is 0. The van der Waals surface area contributed by atoms with Crippen LogP contribution in [0.15, 0.2) is 46.2 Å². The minimum atomic E-state index is -0.205. The molecule has 8 heteroatoms. The molecule has 1 saturated heterocycles. The average Bonchev–Trinajstić information content (AvgIpc) is 3.52. The van der Waals surface area contributed by atoms with E-state index in [9.17, 15) is 4.79 Å². The maximum absolute atomic E-state index is 13.5. The number of hydrogen-bond donors (Lipinski definition) is 0. The van der Waals surface area contributed by atoms with Crippen molar-refractivity contribution in [3.63, 3.8) is 0 Å². The summed E-state index contributed by atoms with van der Waals surface area (Å²) >= 11 is 3.04. The molecule has 29 heavy (non-hydrogen) atoms. The van der Waals surface area contributed by atoms with Crippen LogP contribution >= 0.6 is 22.7 Å². The number of thiazole rings is 1. The first-order chi connectivity index (χ1) is 14.2. The minimum absolute atomic E-state index is 0.00920. The number of thiophene rings is 1. The fourth-order valence-corrected chi connectivity index (χ4v) is 5.07. The number of oxazole rings is 1. The Bertz CT molecular complexity index is 1110. The summed E-state index contributed by atoms with van der Waals surface area (Å²) < 4.78 is 12.6. The summed E-state index contributed by atoms with van der Waals surface area (Å²) in [5.74, 6) is 0.780. The van der Waals surface area contributed by atoms with Gasteiger partial charge < -0.3 is 9.15 Å². The van der Waals surface area contributed by atoms with E-state index < -0.39 is 0 Å². The van der Waals surface area contributed by atoms with Gasteiger partial charge in [-0.15, -0.1) is 11.3 Å². The van der Waals surface area contributed by atoms with E-state index in [-0.39, 0.29) is 12.0 Å². The largest absolute Gasteiger partial charge is 0.440 e. The Hall–Kier alpha value is -2.55. The zero-order chi connectivity index (χ0) is 19.8. The Balaban J connectivity index is 1.52. The van der Waals surface area contributed by atoms with Gasteiger partial charge in [0.05, 0.1) is 27.7 Å². The topological polar surface area (TPSA) is 68.5 Å². The molecule has 0 saturated carbocycles. The van der Waals surface area contributed by atoms with Crippen LogP contribution in [0.5, 0.6) is 0 Å². The van der Waals surface area contributed by atoms with Crippen molar-refractivity contribution >= 4 is 43.9 Å². The van der Waals surface area contributed by atoms with E-state index in [1.165, 1.54) is 22.7 Å². The van der Waals surface area contributed by atoms with Crippen molar-refractivity contribution in [2.75, 3.05) is 18.1 Å². The molecule has 5 rings (SSSR count). The molecule has 0 radical (unpaired) electrons. The number of carbonyl (C=O) groups is 1. The number of ether oxygens (including phenoxy) is 1. The lowest BCUT2D eigenvalue weighted by Gasteiger charge is -2.22. The standard InChI is InChI=1S/C21H19N3O3S2/c1-13-18(23-19(27-13)17-9-5-11-28-17)20(25)24(12-14-6-4-10-26-14)21-22-15-7-2-3-8-16(15)29-21/h2-3,5,7-9,11,14H,4,6,10,12H2,1H3. The molecule has 6 nitrogen and oxygen atoms in total. The number of benzene rings is 1. The molecule has 1 aliphatic heterocycles. The number of aryl methyl sites for hydroxylation is 1. The first kappa shape index (κ1) is 18.5. The Labute approximate surface area is 175 Å². The molecule has 3 aromatic heterocycles.